The lowest BCUT2D eigenvalue weighted by Crippen LogP contribution is -2.89. The van der Waals surface area contributed by atoms with Crippen LogP contribution in [0.4, 0.5) is 5.69 Å². The van der Waals surface area contributed by atoms with E-state index in [1.807, 2.05) is 13.0 Å². The molecule has 1 aliphatic heterocycles. The number of carboxylic acids is 1. The normalized spacial score (nSPS) is 15.6. The molecular formula is C15H18N3O2+. The molecular weight excluding hydrogens is 254 g/mol. The van der Waals surface area contributed by atoms with E-state index in [9.17, 15) is 9.90 Å². The second-order valence-corrected chi connectivity index (χ2v) is 5.14. The minimum atomic E-state index is -0.924. The van der Waals surface area contributed by atoms with Gasteiger partial charge < -0.3 is 15.3 Å². The number of anilines is 1. The minimum absolute atomic E-state index is 0.274. The van der Waals surface area contributed by atoms with Gasteiger partial charge in [0, 0.05) is 16.8 Å². The highest BCUT2D eigenvalue weighted by Gasteiger charge is 2.18. The number of nitrogens with zero attached hydrogens (tertiary/aromatic N) is 2. The summed E-state index contributed by atoms with van der Waals surface area (Å²) in [6.07, 6.45) is 0. The first kappa shape index (κ1) is 12.9. The molecule has 3 rings (SSSR count). The molecule has 0 atom stereocenters. The van der Waals surface area contributed by atoms with Crippen LogP contribution in [0.1, 0.15) is 16.1 Å². The highest BCUT2D eigenvalue weighted by Crippen LogP contribution is 2.28. The van der Waals surface area contributed by atoms with Gasteiger partial charge in [0.15, 0.2) is 0 Å². The number of para-hydroxylation sites is 1. The molecule has 0 radical (unpaired) electrons. The molecule has 20 heavy (non-hydrogen) atoms. The van der Waals surface area contributed by atoms with Crippen LogP contribution in [0.2, 0.25) is 0 Å². The average molecular weight is 272 g/mol. The van der Waals surface area contributed by atoms with E-state index in [0.29, 0.717) is 5.52 Å². The van der Waals surface area contributed by atoms with Crippen LogP contribution >= 0.6 is 0 Å². The molecule has 0 amide bonds. The standard InChI is InChI=1S/C15H17N3O2/c1-10-9-13(18-7-5-16-6-8-18)11-3-2-4-12(15(19)20)14(11)17-10/h2-4,9,16H,5-8H2,1H3,(H,19,20)/p+1. The van der Waals surface area contributed by atoms with Crippen molar-refractivity contribution in [2.45, 2.75) is 6.92 Å². The summed E-state index contributed by atoms with van der Waals surface area (Å²) >= 11 is 0. The maximum Gasteiger partial charge on any atom is 0.337 e. The molecule has 0 bridgehead atoms. The van der Waals surface area contributed by atoms with Crippen LogP contribution in [0.15, 0.2) is 24.3 Å². The lowest BCUT2D eigenvalue weighted by Gasteiger charge is -2.28. The number of nitrogens with two attached hydrogens (primary N) is 1. The first-order chi connectivity index (χ1) is 9.66. The van der Waals surface area contributed by atoms with E-state index in [1.165, 1.54) is 0 Å². The van der Waals surface area contributed by atoms with Gasteiger partial charge in [-0.15, -0.1) is 0 Å². The van der Waals surface area contributed by atoms with Gasteiger partial charge in [0.05, 0.1) is 37.3 Å². The Morgan fingerprint density at radius 3 is 2.80 bits per heavy atom. The maximum atomic E-state index is 11.4. The van der Waals surface area contributed by atoms with Crippen LogP contribution in [-0.2, 0) is 0 Å². The Labute approximate surface area is 117 Å². The molecule has 0 aliphatic carbocycles. The largest absolute Gasteiger partial charge is 0.478 e. The number of piperazine rings is 1. The number of carboxylic acid groups (broad SMARTS) is 1. The minimum Gasteiger partial charge on any atom is -0.478 e. The fraction of sp³-hybridized carbons (Fsp3) is 0.333. The van der Waals surface area contributed by atoms with Crippen molar-refractivity contribution in [2.75, 3.05) is 31.1 Å². The van der Waals surface area contributed by atoms with E-state index >= 15 is 0 Å². The quantitative estimate of drug-likeness (QED) is 0.841. The molecule has 0 saturated carbocycles. The second-order valence-electron chi connectivity index (χ2n) is 5.14. The fourth-order valence-corrected chi connectivity index (χ4v) is 2.78. The summed E-state index contributed by atoms with van der Waals surface area (Å²) < 4.78 is 0. The number of hydrogen-bond donors (Lipinski definition) is 2. The summed E-state index contributed by atoms with van der Waals surface area (Å²) in [6.45, 7) is 6.02. The molecule has 104 valence electrons. The zero-order valence-corrected chi connectivity index (χ0v) is 11.5. The monoisotopic (exact) mass is 272 g/mol. The van der Waals surface area contributed by atoms with Gasteiger partial charge in [-0.05, 0) is 19.1 Å². The maximum absolute atomic E-state index is 11.4. The van der Waals surface area contributed by atoms with Crippen molar-refractivity contribution in [1.82, 2.24) is 4.98 Å². The van der Waals surface area contributed by atoms with Crippen molar-refractivity contribution in [3.05, 3.63) is 35.5 Å². The Morgan fingerprint density at radius 2 is 2.10 bits per heavy atom. The van der Waals surface area contributed by atoms with Crippen LogP contribution < -0.4 is 10.2 Å². The summed E-state index contributed by atoms with van der Waals surface area (Å²) in [6, 6.07) is 7.42. The Hall–Kier alpha value is -2.14. The van der Waals surface area contributed by atoms with Gasteiger partial charge >= 0.3 is 5.97 Å². The molecule has 1 fully saturated rings. The molecule has 0 spiro atoms. The van der Waals surface area contributed by atoms with Crippen molar-refractivity contribution in [2.24, 2.45) is 0 Å². The van der Waals surface area contributed by atoms with Gasteiger partial charge in [-0.3, -0.25) is 4.98 Å². The predicted octanol–water partition coefficient (Wildman–Crippen LogP) is 0.625. The lowest BCUT2D eigenvalue weighted by molar-refractivity contribution is -0.655. The van der Waals surface area contributed by atoms with Gasteiger partial charge in [-0.2, -0.15) is 0 Å². The number of hydrogen-bond acceptors (Lipinski definition) is 3. The van der Waals surface area contributed by atoms with Gasteiger partial charge in [0.25, 0.3) is 0 Å². The third-order valence-electron chi connectivity index (χ3n) is 3.72. The van der Waals surface area contributed by atoms with Gasteiger partial charge in [0.2, 0.25) is 0 Å². The molecule has 1 aromatic heterocycles. The third-order valence-corrected chi connectivity index (χ3v) is 3.72. The third kappa shape index (κ3) is 2.20. The topological polar surface area (TPSA) is 70.0 Å². The molecule has 5 nitrogen and oxygen atoms in total. The summed E-state index contributed by atoms with van der Waals surface area (Å²) in [7, 11) is 0. The molecule has 1 aromatic carbocycles. The summed E-state index contributed by atoms with van der Waals surface area (Å²) in [5.41, 5.74) is 2.82. The zero-order chi connectivity index (χ0) is 14.1. The molecule has 3 N–H and O–H groups in total. The molecule has 1 aliphatic rings. The van der Waals surface area contributed by atoms with E-state index < -0.39 is 5.97 Å². The van der Waals surface area contributed by atoms with Crippen LogP contribution in [0.25, 0.3) is 10.9 Å². The van der Waals surface area contributed by atoms with E-state index in [1.54, 1.807) is 12.1 Å². The Bertz CT molecular complexity index is 663. The van der Waals surface area contributed by atoms with Gasteiger partial charge in [0.1, 0.15) is 0 Å². The van der Waals surface area contributed by atoms with Crippen LogP contribution in [-0.4, -0.2) is 42.2 Å². The SMILES string of the molecule is Cc1cc(N2CC[NH2+]CC2)c2cccc(C(=O)O)c2n1. The van der Waals surface area contributed by atoms with E-state index in [0.717, 1.165) is 42.9 Å². The predicted molar refractivity (Wildman–Crippen MR) is 77.3 cm³/mol. The Morgan fingerprint density at radius 1 is 1.35 bits per heavy atom. The zero-order valence-electron chi connectivity index (χ0n) is 11.5. The summed E-state index contributed by atoms with van der Waals surface area (Å²) in [4.78, 5) is 18.1. The highest BCUT2D eigenvalue weighted by atomic mass is 16.4. The molecule has 5 heteroatoms. The first-order valence-electron chi connectivity index (χ1n) is 6.87. The van der Waals surface area contributed by atoms with E-state index in [4.69, 9.17) is 0 Å². The summed E-state index contributed by atoms with van der Waals surface area (Å²) in [5.74, 6) is -0.924. The number of aromatic carboxylic acids is 1. The smallest absolute Gasteiger partial charge is 0.337 e. The van der Waals surface area contributed by atoms with Gasteiger partial charge in [-0.25, -0.2) is 4.79 Å². The van der Waals surface area contributed by atoms with Crippen molar-refractivity contribution in [1.29, 1.82) is 0 Å². The fourth-order valence-electron chi connectivity index (χ4n) is 2.78. The van der Waals surface area contributed by atoms with E-state index in [2.05, 4.69) is 21.3 Å². The van der Waals surface area contributed by atoms with Gasteiger partial charge in [-0.1, -0.05) is 12.1 Å². The molecule has 1 saturated heterocycles. The molecule has 2 heterocycles. The number of rotatable bonds is 2. The van der Waals surface area contributed by atoms with Crippen LogP contribution in [0.3, 0.4) is 0 Å². The molecule has 2 aromatic rings. The second kappa shape index (κ2) is 5.09. The van der Waals surface area contributed by atoms with Crippen molar-refractivity contribution in [3.63, 3.8) is 0 Å². The number of quaternary nitrogens is 1. The lowest BCUT2D eigenvalue weighted by atomic mass is 10.1. The summed E-state index contributed by atoms with van der Waals surface area (Å²) in [5, 5.41) is 12.5. The Kier molecular flexibility index (Phi) is 3.28. The Balaban J connectivity index is 2.21. The first-order valence-corrected chi connectivity index (χ1v) is 6.87. The number of carbonyl (C=O) groups is 1. The number of fused-ring (bicyclic) bond motifs is 1. The number of pyridine rings is 1. The van der Waals surface area contributed by atoms with Crippen molar-refractivity contribution >= 4 is 22.6 Å². The van der Waals surface area contributed by atoms with Crippen molar-refractivity contribution < 1.29 is 15.2 Å². The average Bonchev–Trinajstić information content (AvgIpc) is 2.46. The van der Waals surface area contributed by atoms with E-state index in [-0.39, 0.29) is 5.56 Å². The highest BCUT2D eigenvalue weighted by molar-refractivity contribution is 6.05. The molecule has 0 unspecified atom stereocenters. The number of benzene rings is 1. The number of aryl methyl sites for hydroxylation is 1. The van der Waals surface area contributed by atoms with Crippen molar-refractivity contribution in [3.8, 4) is 0 Å². The van der Waals surface area contributed by atoms with Crippen LogP contribution in [0.5, 0.6) is 0 Å². The van der Waals surface area contributed by atoms with Crippen LogP contribution in [0, 0.1) is 6.92 Å². The number of aromatic nitrogens is 1.